The second kappa shape index (κ2) is 5.69. The van der Waals surface area contributed by atoms with E-state index >= 15 is 0 Å². The van der Waals surface area contributed by atoms with E-state index in [1.165, 1.54) is 11.3 Å². The molecule has 0 aliphatic heterocycles. The van der Waals surface area contributed by atoms with E-state index in [0.717, 1.165) is 20.7 Å². The maximum atomic E-state index is 11.4. The Morgan fingerprint density at radius 1 is 1.14 bits per heavy atom. The minimum absolute atomic E-state index is 0.218. The van der Waals surface area contributed by atoms with Crippen molar-refractivity contribution in [3.05, 3.63) is 78.8 Å². The molecule has 1 aromatic carbocycles. The van der Waals surface area contributed by atoms with Crippen molar-refractivity contribution in [1.29, 1.82) is 0 Å². The maximum absolute atomic E-state index is 11.4. The lowest BCUT2D eigenvalue weighted by molar-refractivity contribution is 0.259. The van der Waals surface area contributed by atoms with Crippen molar-refractivity contribution in [3.63, 3.8) is 0 Å². The minimum atomic E-state index is -0.749. The van der Waals surface area contributed by atoms with E-state index in [4.69, 9.17) is 4.52 Å². The molecule has 5 nitrogen and oxygen atoms in total. The molecular formula is C15H10N2O3S. The van der Waals surface area contributed by atoms with Crippen LogP contribution in [-0.4, -0.2) is 9.72 Å². The summed E-state index contributed by atoms with van der Waals surface area (Å²) in [5, 5.41) is 1.90. The predicted octanol–water partition coefficient (Wildman–Crippen LogP) is 1.64. The molecule has 0 saturated carbocycles. The molecule has 1 N–H and O–H groups in total. The van der Waals surface area contributed by atoms with Gasteiger partial charge in [0.15, 0.2) is 0 Å². The number of thiophene rings is 1. The summed E-state index contributed by atoms with van der Waals surface area (Å²) in [6.45, 7) is 0.218. The summed E-state index contributed by atoms with van der Waals surface area (Å²) in [6, 6.07) is 11.6. The second-order valence-electron chi connectivity index (χ2n) is 4.26. The number of H-pyrrole nitrogens is 1. The van der Waals surface area contributed by atoms with Crippen LogP contribution in [0.5, 0.6) is 0 Å². The Kier molecular flexibility index (Phi) is 3.58. The number of benzene rings is 1. The van der Waals surface area contributed by atoms with E-state index in [-0.39, 0.29) is 6.54 Å². The fourth-order valence-electron chi connectivity index (χ4n) is 1.75. The highest BCUT2D eigenvalue weighted by Gasteiger charge is 2.05. The van der Waals surface area contributed by atoms with E-state index in [1.54, 1.807) is 0 Å². The van der Waals surface area contributed by atoms with Gasteiger partial charge in [0.25, 0.3) is 0 Å². The van der Waals surface area contributed by atoms with Gasteiger partial charge < -0.3 is 4.52 Å². The van der Waals surface area contributed by atoms with Gasteiger partial charge in [-0.1, -0.05) is 30.0 Å². The molecule has 21 heavy (non-hydrogen) atoms. The largest absolute Gasteiger partial charge is 0.440 e. The van der Waals surface area contributed by atoms with Crippen molar-refractivity contribution < 1.29 is 4.52 Å². The lowest BCUT2D eigenvalue weighted by atomic mass is 10.2. The first kappa shape index (κ1) is 13.2. The number of hydrogen-bond donors (Lipinski definition) is 1. The van der Waals surface area contributed by atoms with Gasteiger partial charge in [0, 0.05) is 21.4 Å². The van der Waals surface area contributed by atoms with Crippen LogP contribution in [0, 0.1) is 11.8 Å². The van der Waals surface area contributed by atoms with Gasteiger partial charge in [-0.15, -0.1) is 16.1 Å². The molecule has 6 heteroatoms. The molecule has 0 saturated heterocycles. The highest BCUT2D eigenvalue weighted by atomic mass is 32.1. The Bertz CT molecular complexity index is 919. The zero-order chi connectivity index (χ0) is 14.7. The Balaban J connectivity index is 1.78. The zero-order valence-electron chi connectivity index (χ0n) is 10.8. The van der Waals surface area contributed by atoms with Gasteiger partial charge in [0.05, 0.1) is 6.54 Å². The Morgan fingerprint density at radius 2 is 1.90 bits per heavy atom. The number of aromatic amines is 1. The van der Waals surface area contributed by atoms with E-state index < -0.39 is 11.4 Å². The third-order valence-corrected chi connectivity index (χ3v) is 3.63. The Morgan fingerprint density at radius 3 is 2.62 bits per heavy atom. The number of rotatable bonds is 2. The number of hydrogen-bond acceptors (Lipinski definition) is 4. The normalized spacial score (nSPS) is 10.1. The van der Waals surface area contributed by atoms with Crippen LogP contribution in [0.2, 0.25) is 0 Å². The number of nitrogens with zero attached hydrogens (tertiary/aromatic N) is 1. The molecule has 0 aliphatic rings. The molecule has 0 unspecified atom stereocenters. The van der Waals surface area contributed by atoms with Gasteiger partial charge in [-0.25, -0.2) is 14.6 Å². The summed E-state index contributed by atoms with van der Waals surface area (Å²) in [5.74, 6) is 5.37. The summed E-state index contributed by atoms with van der Waals surface area (Å²) in [5.41, 5.74) is 1.26. The molecule has 0 spiro atoms. The zero-order valence-corrected chi connectivity index (χ0v) is 11.6. The highest BCUT2D eigenvalue weighted by molar-refractivity contribution is 7.10. The molecule has 0 fully saturated rings. The molecule has 0 atom stereocenters. The SMILES string of the molecule is O=c1[nH]c(=O)n(Cc2cc(C#Cc3ccccc3)cs2)o1. The van der Waals surface area contributed by atoms with Crippen LogP contribution in [-0.2, 0) is 6.54 Å². The molecule has 2 heterocycles. The van der Waals surface area contributed by atoms with Crippen molar-refractivity contribution in [1.82, 2.24) is 9.72 Å². The van der Waals surface area contributed by atoms with Crippen molar-refractivity contribution in [2.45, 2.75) is 6.54 Å². The lowest BCUT2D eigenvalue weighted by Crippen LogP contribution is -2.16. The molecule has 3 aromatic rings. The lowest BCUT2D eigenvalue weighted by Gasteiger charge is -1.92. The molecule has 2 aromatic heterocycles. The van der Waals surface area contributed by atoms with Crippen LogP contribution < -0.4 is 11.4 Å². The van der Waals surface area contributed by atoms with Crippen LogP contribution in [0.1, 0.15) is 16.0 Å². The maximum Gasteiger partial charge on any atom is 0.440 e. The van der Waals surface area contributed by atoms with Crippen molar-refractivity contribution in [2.75, 3.05) is 0 Å². The third kappa shape index (κ3) is 3.22. The van der Waals surface area contributed by atoms with E-state index in [2.05, 4.69) is 11.8 Å². The topological polar surface area (TPSA) is 68.0 Å². The monoisotopic (exact) mass is 298 g/mol. The number of nitrogens with one attached hydrogen (secondary N) is 1. The summed E-state index contributed by atoms with van der Waals surface area (Å²) >= 11 is 1.46. The van der Waals surface area contributed by atoms with Crippen LogP contribution in [0.25, 0.3) is 0 Å². The summed E-state index contributed by atoms with van der Waals surface area (Å²) < 4.78 is 5.71. The van der Waals surface area contributed by atoms with E-state index in [9.17, 15) is 9.59 Å². The molecule has 0 aliphatic carbocycles. The Hall–Kier alpha value is -2.78. The molecule has 0 amide bonds. The average molecular weight is 298 g/mol. The fourth-order valence-corrected chi connectivity index (χ4v) is 2.55. The first-order valence-corrected chi connectivity index (χ1v) is 7.03. The first-order valence-electron chi connectivity index (χ1n) is 6.15. The summed E-state index contributed by atoms with van der Waals surface area (Å²) in [6.07, 6.45) is 0. The standard InChI is InChI=1S/C15H10N2O3S/c18-14-16-15(19)20-17(14)9-13-8-12(10-21-13)7-6-11-4-2-1-3-5-11/h1-5,8,10H,9H2,(H,16,18,19). The highest BCUT2D eigenvalue weighted by Crippen LogP contribution is 2.14. The van der Waals surface area contributed by atoms with Crippen molar-refractivity contribution in [3.8, 4) is 11.8 Å². The minimum Gasteiger partial charge on any atom is -0.317 e. The fraction of sp³-hybridized carbons (Fsp3) is 0.0667. The van der Waals surface area contributed by atoms with Crippen LogP contribution >= 0.6 is 11.3 Å². The smallest absolute Gasteiger partial charge is 0.317 e. The van der Waals surface area contributed by atoms with Gasteiger partial charge in [0.1, 0.15) is 0 Å². The molecule has 104 valence electrons. The molecular weight excluding hydrogens is 288 g/mol. The average Bonchev–Trinajstić information content (AvgIpc) is 3.05. The van der Waals surface area contributed by atoms with Crippen LogP contribution in [0.3, 0.4) is 0 Å². The quantitative estimate of drug-likeness (QED) is 0.731. The van der Waals surface area contributed by atoms with Gasteiger partial charge in [-0.3, -0.25) is 0 Å². The van der Waals surface area contributed by atoms with Gasteiger partial charge in [0.2, 0.25) is 0 Å². The van der Waals surface area contributed by atoms with Gasteiger partial charge in [-0.2, -0.15) is 0 Å². The molecule has 3 rings (SSSR count). The second-order valence-corrected chi connectivity index (χ2v) is 5.26. The van der Waals surface area contributed by atoms with Crippen LogP contribution in [0.15, 0.2) is 55.9 Å². The van der Waals surface area contributed by atoms with Crippen LogP contribution in [0.4, 0.5) is 0 Å². The van der Waals surface area contributed by atoms with Gasteiger partial charge in [-0.05, 0) is 18.2 Å². The first-order chi connectivity index (χ1) is 10.2. The Labute approximate surface area is 123 Å². The van der Waals surface area contributed by atoms with Crippen molar-refractivity contribution in [2.24, 2.45) is 0 Å². The summed E-state index contributed by atoms with van der Waals surface area (Å²) in [4.78, 5) is 25.2. The van der Waals surface area contributed by atoms with E-state index in [1.807, 2.05) is 46.8 Å². The molecule has 0 radical (unpaired) electrons. The molecule has 0 bridgehead atoms. The third-order valence-electron chi connectivity index (χ3n) is 2.71. The van der Waals surface area contributed by atoms with Gasteiger partial charge >= 0.3 is 11.4 Å². The number of aromatic nitrogens is 2. The van der Waals surface area contributed by atoms with E-state index in [0.29, 0.717) is 0 Å². The summed E-state index contributed by atoms with van der Waals surface area (Å²) in [7, 11) is 0. The predicted molar refractivity (Wildman–Crippen MR) is 79.4 cm³/mol. The van der Waals surface area contributed by atoms with Crippen molar-refractivity contribution >= 4 is 11.3 Å².